The minimum atomic E-state index is -1.59. The molecule has 2 N–H and O–H groups in total. The predicted molar refractivity (Wildman–Crippen MR) is 65.2 cm³/mol. The van der Waals surface area contributed by atoms with Gasteiger partial charge in [0.15, 0.2) is 6.10 Å². The third-order valence-corrected chi connectivity index (χ3v) is 3.05. The Morgan fingerprint density at radius 3 is 2.53 bits per heavy atom. The first-order chi connectivity index (χ1) is 7.95. The van der Waals surface area contributed by atoms with Crippen LogP contribution in [0.15, 0.2) is 23.1 Å². The highest BCUT2D eigenvalue weighted by molar-refractivity contribution is 7.98. The third-order valence-electron chi connectivity index (χ3n) is 2.32. The van der Waals surface area contributed by atoms with Gasteiger partial charge in [0.2, 0.25) is 0 Å². The molecule has 0 fully saturated rings. The first-order valence-electron chi connectivity index (χ1n) is 5.02. The lowest BCUT2D eigenvalue weighted by molar-refractivity contribution is -0.147. The fourth-order valence-corrected chi connectivity index (χ4v) is 1.97. The van der Waals surface area contributed by atoms with E-state index in [1.807, 2.05) is 6.26 Å². The average molecular weight is 254 g/mol. The number of carboxylic acid groups (broad SMARTS) is 1. The summed E-state index contributed by atoms with van der Waals surface area (Å²) in [5.41, 5.74) is 0.852. The second-order valence-electron chi connectivity index (χ2n) is 3.68. The maximum absolute atomic E-state index is 11.1. The normalized spacial score (nSPS) is 12.2. The van der Waals surface area contributed by atoms with E-state index in [9.17, 15) is 14.7 Å². The number of hydrogen-bond acceptors (Lipinski definition) is 4. The molecule has 1 aromatic rings. The van der Waals surface area contributed by atoms with E-state index < -0.39 is 12.1 Å². The van der Waals surface area contributed by atoms with Crippen LogP contribution in [0.1, 0.15) is 24.2 Å². The Kier molecular flexibility index (Phi) is 4.72. The summed E-state index contributed by atoms with van der Waals surface area (Å²) in [4.78, 5) is 22.7. The Morgan fingerprint density at radius 2 is 2.06 bits per heavy atom. The third kappa shape index (κ3) is 3.57. The van der Waals surface area contributed by atoms with Crippen molar-refractivity contribution in [1.29, 1.82) is 0 Å². The molecule has 0 aliphatic carbocycles. The highest BCUT2D eigenvalue weighted by atomic mass is 32.2. The van der Waals surface area contributed by atoms with E-state index in [-0.39, 0.29) is 12.2 Å². The van der Waals surface area contributed by atoms with Gasteiger partial charge in [-0.3, -0.25) is 4.79 Å². The molecule has 0 radical (unpaired) electrons. The van der Waals surface area contributed by atoms with E-state index in [1.165, 1.54) is 18.7 Å². The van der Waals surface area contributed by atoms with Crippen LogP contribution in [0.4, 0.5) is 0 Å². The summed E-state index contributed by atoms with van der Waals surface area (Å²) in [7, 11) is 0. The summed E-state index contributed by atoms with van der Waals surface area (Å²) >= 11 is 1.45. The SMILES string of the molecule is CSc1ccc(CC(C)=O)c(C(O)C(=O)O)c1. The van der Waals surface area contributed by atoms with Crippen molar-refractivity contribution in [2.24, 2.45) is 0 Å². The lowest BCUT2D eigenvalue weighted by Gasteiger charge is -2.12. The first-order valence-corrected chi connectivity index (χ1v) is 6.25. The van der Waals surface area contributed by atoms with Crippen LogP contribution in [0.25, 0.3) is 0 Å². The summed E-state index contributed by atoms with van der Waals surface area (Å²) < 4.78 is 0. The topological polar surface area (TPSA) is 74.6 Å². The molecule has 17 heavy (non-hydrogen) atoms. The minimum Gasteiger partial charge on any atom is -0.479 e. The molecule has 0 amide bonds. The number of thioether (sulfide) groups is 1. The molecule has 1 atom stereocenters. The maximum atomic E-state index is 11.1. The van der Waals surface area contributed by atoms with Crippen molar-refractivity contribution < 1.29 is 19.8 Å². The van der Waals surface area contributed by atoms with E-state index in [2.05, 4.69) is 0 Å². The van der Waals surface area contributed by atoms with Crippen LogP contribution in [0, 0.1) is 0 Å². The molecule has 1 aromatic carbocycles. The molecule has 0 spiro atoms. The molecule has 0 heterocycles. The number of carboxylic acids is 1. The quantitative estimate of drug-likeness (QED) is 0.782. The second kappa shape index (κ2) is 5.84. The zero-order valence-corrected chi connectivity index (χ0v) is 10.5. The van der Waals surface area contributed by atoms with Crippen molar-refractivity contribution in [3.8, 4) is 0 Å². The molecule has 1 unspecified atom stereocenters. The van der Waals surface area contributed by atoms with E-state index in [0.29, 0.717) is 11.1 Å². The van der Waals surface area contributed by atoms with Gasteiger partial charge in [-0.2, -0.15) is 0 Å². The van der Waals surface area contributed by atoms with Gasteiger partial charge >= 0.3 is 5.97 Å². The Bertz CT molecular complexity index is 442. The number of aliphatic hydroxyl groups excluding tert-OH is 1. The Morgan fingerprint density at radius 1 is 1.41 bits per heavy atom. The summed E-state index contributed by atoms with van der Waals surface area (Å²) in [6, 6.07) is 5.11. The summed E-state index contributed by atoms with van der Waals surface area (Å²) in [6.07, 6.45) is 0.405. The van der Waals surface area contributed by atoms with Gasteiger partial charge in [-0.25, -0.2) is 4.79 Å². The van der Waals surface area contributed by atoms with Crippen LogP contribution in [-0.4, -0.2) is 28.2 Å². The Labute approximate surface area is 104 Å². The highest BCUT2D eigenvalue weighted by Gasteiger charge is 2.20. The standard InChI is InChI=1S/C12H14O4S/c1-7(13)5-8-3-4-9(17-2)6-10(8)11(14)12(15)16/h3-4,6,11,14H,5H2,1-2H3,(H,15,16). The van der Waals surface area contributed by atoms with Crippen LogP contribution in [0.3, 0.4) is 0 Å². The molecule has 4 nitrogen and oxygen atoms in total. The largest absolute Gasteiger partial charge is 0.479 e. The van der Waals surface area contributed by atoms with E-state index in [1.54, 1.807) is 18.2 Å². The van der Waals surface area contributed by atoms with E-state index >= 15 is 0 Å². The van der Waals surface area contributed by atoms with Crippen molar-refractivity contribution in [3.05, 3.63) is 29.3 Å². The van der Waals surface area contributed by atoms with Gasteiger partial charge in [0.1, 0.15) is 5.78 Å². The number of carbonyl (C=O) groups excluding carboxylic acids is 1. The smallest absolute Gasteiger partial charge is 0.337 e. The van der Waals surface area contributed by atoms with Crippen LogP contribution in [0.2, 0.25) is 0 Å². The summed E-state index contributed by atoms with van der Waals surface area (Å²) in [5.74, 6) is -1.38. The van der Waals surface area contributed by atoms with Crippen molar-refractivity contribution >= 4 is 23.5 Å². The van der Waals surface area contributed by atoms with Crippen molar-refractivity contribution in [1.82, 2.24) is 0 Å². The lowest BCUT2D eigenvalue weighted by atomic mass is 9.98. The number of Topliss-reactive ketones (excluding diaryl/α,β-unsaturated/α-hetero) is 1. The monoisotopic (exact) mass is 254 g/mol. The molecule has 1 rings (SSSR count). The zero-order valence-electron chi connectivity index (χ0n) is 9.64. The Balaban J connectivity index is 3.20. The molecular weight excluding hydrogens is 240 g/mol. The van der Waals surface area contributed by atoms with Gasteiger partial charge < -0.3 is 10.2 Å². The van der Waals surface area contributed by atoms with E-state index in [0.717, 1.165) is 4.90 Å². The lowest BCUT2D eigenvalue weighted by Crippen LogP contribution is -2.14. The fourth-order valence-electron chi connectivity index (χ4n) is 1.52. The fraction of sp³-hybridized carbons (Fsp3) is 0.333. The van der Waals surface area contributed by atoms with Gasteiger partial charge in [0.05, 0.1) is 0 Å². The van der Waals surface area contributed by atoms with Gasteiger partial charge in [0, 0.05) is 11.3 Å². The molecule has 0 aromatic heterocycles. The van der Waals surface area contributed by atoms with Gasteiger partial charge in [-0.1, -0.05) is 6.07 Å². The predicted octanol–water partition coefficient (Wildman–Crippen LogP) is 1.66. The first kappa shape index (κ1) is 13.7. The molecule has 5 heteroatoms. The number of benzene rings is 1. The number of rotatable bonds is 5. The van der Waals surface area contributed by atoms with Gasteiger partial charge in [-0.05, 0) is 36.4 Å². The molecule has 0 aliphatic rings. The van der Waals surface area contributed by atoms with Crippen LogP contribution >= 0.6 is 11.8 Å². The number of aliphatic hydroxyl groups is 1. The number of aliphatic carboxylic acids is 1. The van der Waals surface area contributed by atoms with Crippen molar-refractivity contribution in [3.63, 3.8) is 0 Å². The second-order valence-corrected chi connectivity index (χ2v) is 4.56. The zero-order chi connectivity index (χ0) is 13.0. The van der Waals surface area contributed by atoms with Gasteiger partial charge in [0.25, 0.3) is 0 Å². The van der Waals surface area contributed by atoms with E-state index in [4.69, 9.17) is 5.11 Å². The minimum absolute atomic E-state index is 0.0688. The molecular formula is C12H14O4S. The Hall–Kier alpha value is -1.33. The van der Waals surface area contributed by atoms with Crippen LogP contribution < -0.4 is 0 Å². The highest BCUT2D eigenvalue weighted by Crippen LogP contribution is 2.25. The summed E-state index contributed by atoms with van der Waals surface area (Å²) in [6.45, 7) is 1.43. The molecule has 0 saturated heterocycles. The number of ketones is 1. The molecule has 0 bridgehead atoms. The van der Waals surface area contributed by atoms with Crippen molar-refractivity contribution in [2.75, 3.05) is 6.26 Å². The molecule has 0 aliphatic heterocycles. The van der Waals surface area contributed by atoms with Crippen LogP contribution in [-0.2, 0) is 16.0 Å². The molecule has 92 valence electrons. The summed E-state index contributed by atoms with van der Waals surface area (Å²) in [5, 5.41) is 18.4. The maximum Gasteiger partial charge on any atom is 0.337 e. The molecule has 0 saturated carbocycles. The average Bonchev–Trinajstić information content (AvgIpc) is 2.27. The number of hydrogen-bond donors (Lipinski definition) is 2. The number of carbonyl (C=O) groups is 2. The van der Waals surface area contributed by atoms with Crippen molar-refractivity contribution in [2.45, 2.75) is 24.3 Å². The van der Waals surface area contributed by atoms with Crippen LogP contribution in [0.5, 0.6) is 0 Å². The van der Waals surface area contributed by atoms with Gasteiger partial charge in [-0.15, -0.1) is 11.8 Å².